The highest BCUT2D eigenvalue weighted by Crippen LogP contribution is 2.65. The number of rotatable bonds is 2. The van der Waals surface area contributed by atoms with Gasteiger partial charge in [0.2, 0.25) is 0 Å². The van der Waals surface area contributed by atoms with Crippen molar-refractivity contribution in [1.82, 2.24) is 0 Å². The smallest absolute Gasteiger partial charge is 0.226 e. The van der Waals surface area contributed by atoms with Crippen LogP contribution in [-0.4, -0.2) is 0 Å². The summed E-state index contributed by atoms with van der Waals surface area (Å²) in [6.45, 7) is 14.8. The third-order valence-electron chi connectivity index (χ3n) is 9.78. The van der Waals surface area contributed by atoms with Crippen LogP contribution >= 0.6 is 45.3 Å². The first-order chi connectivity index (χ1) is 21.6. The Morgan fingerprint density at radius 3 is 1.93 bits per heavy atom. The molecule has 4 nitrogen and oxygen atoms in total. The minimum absolute atomic E-state index is 0.0903. The van der Waals surface area contributed by atoms with E-state index in [1.54, 1.807) is 5.56 Å². The Hall–Kier alpha value is -3.76. The molecule has 4 aliphatic carbocycles. The number of nitrogens with zero attached hydrogens (tertiary/aromatic N) is 4. The molecule has 0 atom stereocenters. The van der Waals surface area contributed by atoms with Gasteiger partial charge in [-0.3, -0.25) is 0 Å². The fraction of sp³-hybridized carbons (Fsp3) is 0.333. The monoisotopic (exact) mass is 642 g/mol. The quantitative estimate of drug-likeness (QED) is 0.161. The third kappa shape index (κ3) is 4.06. The van der Waals surface area contributed by atoms with Crippen molar-refractivity contribution in [2.75, 3.05) is 0 Å². The van der Waals surface area contributed by atoms with Crippen LogP contribution in [-0.2, 0) is 5.41 Å². The molecule has 0 aliphatic heterocycles. The molecule has 214 valence electrons. The minimum Gasteiger partial charge on any atom is -0.226 e. The maximum atomic E-state index is 9.49. The maximum Gasteiger partial charge on any atom is 0.265 e. The molecule has 0 radical (unpaired) electrons. The van der Waals surface area contributed by atoms with Gasteiger partial charge in [0.15, 0.2) is 0 Å². The van der Waals surface area contributed by atoms with Gasteiger partial charge in [0.1, 0.15) is 0 Å². The number of hydrogen-bond donors (Lipinski definition) is 0. The van der Waals surface area contributed by atoms with Gasteiger partial charge in [-0.25, -0.2) is 20.2 Å². The van der Waals surface area contributed by atoms with Gasteiger partial charge in [0.25, 0.3) is 11.4 Å². The summed E-state index contributed by atoms with van der Waals surface area (Å²) >= 11 is 7.77. The van der Waals surface area contributed by atoms with E-state index in [9.17, 15) is 10.5 Å². The molecule has 4 aliphatic rings. The van der Waals surface area contributed by atoms with Crippen molar-refractivity contribution in [3.8, 4) is 21.9 Å². The zero-order valence-electron chi connectivity index (χ0n) is 24.0. The van der Waals surface area contributed by atoms with Crippen LogP contribution in [0.2, 0.25) is 0 Å². The summed E-state index contributed by atoms with van der Waals surface area (Å²) in [5, 5.41) is 18.9. The predicted octanol–water partition coefficient (Wildman–Crippen LogP) is 12.0. The van der Waals surface area contributed by atoms with Crippen molar-refractivity contribution in [2.45, 2.75) is 76.0 Å². The molecular formula is C36H26N4S4. The molecule has 8 rings (SSSR count). The highest BCUT2D eigenvalue weighted by molar-refractivity contribution is 7.40. The molecule has 44 heavy (non-hydrogen) atoms. The van der Waals surface area contributed by atoms with Crippen LogP contribution < -0.4 is 0 Å². The Morgan fingerprint density at radius 1 is 0.682 bits per heavy atom. The highest BCUT2D eigenvalue weighted by Gasteiger charge is 2.48. The summed E-state index contributed by atoms with van der Waals surface area (Å²) < 4.78 is 5.67. The first-order valence-corrected chi connectivity index (χ1v) is 18.4. The molecule has 0 saturated heterocycles. The van der Waals surface area contributed by atoms with E-state index in [1.165, 1.54) is 87.1 Å². The second kappa shape index (κ2) is 10.7. The molecular weight excluding hydrogens is 617 g/mol. The summed E-state index contributed by atoms with van der Waals surface area (Å²) in [6, 6.07) is 9.04. The van der Waals surface area contributed by atoms with Gasteiger partial charge in [-0.05, 0) is 91.4 Å². The summed E-state index contributed by atoms with van der Waals surface area (Å²) in [5.74, 6) is 0. The zero-order chi connectivity index (χ0) is 30.0. The maximum absolute atomic E-state index is 9.49. The first kappa shape index (κ1) is 27.8. The Kier molecular flexibility index (Phi) is 6.75. The standard InChI is InChI=1S/C36H26N4S4/c1-39-25(18-37)20-8-6-10-22(14-20)27-16-24-31(41-27)33-30(36(24)12-4-3-5-13-36)34-35(44-33)32-29(43-34)17-28(42-32)23-11-7-9-21(15-23)26(19-38)40-2/h14-17H,3-13H2/b25-20+,26-21-. The van der Waals surface area contributed by atoms with E-state index in [2.05, 4.69) is 46.1 Å². The van der Waals surface area contributed by atoms with Gasteiger partial charge in [0.05, 0.1) is 44.3 Å². The van der Waals surface area contributed by atoms with Crippen molar-refractivity contribution in [3.05, 3.63) is 90.5 Å². The number of fused-ring (bicyclic) bond motifs is 9. The average Bonchev–Trinajstić information content (AvgIpc) is 3.85. The fourth-order valence-electron chi connectivity index (χ4n) is 7.76. The second-order valence-electron chi connectivity index (χ2n) is 12.1. The van der Waals surface area contributed by atoms with E-state index in [0.717, 1.165) is 49.7 Å². The Morgan fingerprint density at radius 2 is 1.32 bits per heavy atom. The SMILES string of the molecule is [C-]#[N+]/C(C#N)=C1\C=C(c2cc3sc4c5c(sc4c3s2)-c2sc(C3=C/C(=C(\C#N)[N+]#[C-])CCC3)cc2C52CCCCC2)CCC1. The summed E-state index contributed by atoms with van der Waals surface area (Å²) in [4.78, 5) is 12.5. The lowest BCUT2D eigenvalue weighted by Crippen LogP contribution is -2.27. The van der Waals surface area contributed by atoms with Crippen LogP contribution in [0.4, 0.5) is 0 Å². The number of thiophene rings is 4. The van der Waals surface area contributed by atoms with Crippen molar-refractivity contribution in [3.63, 3.8) is 0 Å². The molecule has 1 saturated carbocycles. The van der Waals surface area contributed by atoms with E-state index < -0.39 is 0 Å². The van der Waals surface area contributed by atoms with Crippen LogP contribution in [0.5, 0.6) is 0 Å². The minimum atomic E-state index is 0.0903. The highest BCUT2D eigenvalue weighted by atomic mass is 32.1. The number of allylic oxidation sites excluding steroid dienone is 8. The predicted molar refractivity (Wildman–Crippen MR) is 184 cm³/mol. The fourth-order valence-corrected chi connectivity index (χ4v) is 13.7. The Labute approximate surface area is 272 Å². The molecule has 4 aromatic rings. The van der Waals surface area contributed by atoms with Crippen LogP contribution in [0.1, 0.15) is 91.5 Å². The van der Waals surface area contributed by atoms with Crippen molar-refractivity contribution >= 4 is 75.3 Å². The van der Waals surface area contributed by atoms with Crippen LogP contribution in [0.3, 0.4) is 0 Å². The molecule has 1 spiro atoms. The largest absolute Gasteiger partial charge is 0.265 e. The van der Waals surface area contributed by atoms with E-state index in [4.69, 9.17) is 13.1 Å². The summed E-state index contributed by atoms with van der Waals surface area (Å²) in [7, 11) is 0. The summed E-state index contributed by atoms with van der Waals surface area (Å²) in [6.07, 6.45) is 16.0. The molecule has 4 aromatic heterocycles. The van der Waals surface area contributed by atoms with Crippen LogP contribution in [0.15, 0.2) is 46.8 Å². The van der Waals surface area contributed by atoms with E-state index in [1.807, 2.05) is 45.3 Å². The topological polar surface area (TPSA) is 56.3 Å². The third-order valence-corrected chi connectivity index (χ3v) is 15.1. The molecule has 0 unspecified atom stereocenters. The Balaban J connectivity index is 1.26. The number of nitriles is 2. The molecule has 1 fully saturated rings. The van der Waals surface area contributed by atoms with Crippen molar-refractivity contribution in [1.29, 1.82) is 10.5 Å². The van der Waals surface area contributed by atoms with E-state index in [0.29, 0.717) is 0 Å². The first-order valence-electron chi connectivity index (χ1n) is 15.2. The lowest BCUT2D eigenvalue weighted by Gasteiger charge is -2.35. The summed E-state index contributed by atoms with van der Waals surface area (Å²) in [5.41, 5.74) is 8.00. The van der Waals surface area contributed by atoms with E-state index in [-0.39, 0.29) is 16.8 Å². The van der Waals surface area contributed by atoms with Crippen LogP contribution in [0.25, 0.3) is 49.4 Å². The normalized spacial score (nSPS) is 21.1. The Bertz CT molecular complexity index is 2170. The molecule has 0 N–H and O–H groups in total. The van der Waals surface area contributed by atoms with Crippen LogP contribution in [0, 0.1) is 35.8 Å². The van der Waals surface area contributed by atoms with Gasteiger partial charge in [-0.1, -0.05) is 31.4 Å². The molecule has 0 bridgehead atoms. The lowest BCUT2D eigenvalue weighted by atomic mass is 9.68. The van der Waals surface area contributed by atoms with Gasteiger partial charge in [0, 0.05) is 30.3 Å². The lowest BCUT2D eigenvalue weighted by molar-refractivity contribution is 0.356. The molecule has 4 heterocycles. The van der Waals surface area contributed by atoms with Crippen molar-refractivity contribution < 1.29 is 0 Å². The van der Waals surface area contributed by atoms with Gasteiger partial charge >= 0.3 is 0 Å². The zero-order valence-corrected chi connectivity index (χ0v) is 27.3. The molecule has 8 heteroatoms. The van der Waals surface area contributed by atoms with Gasteiger partial charge < -0.3 is 0 Å². The average molecular weight is 643 g/mol. The van der Waals surface area contributed by atoms with E-state index >= 15 is 0 Å². The van der Waals surface area contributed by atoms with Gasteiger partial charge in [-0.2, -0.15) is 0 Å². The van der Waals surface area contributed by atoms with Crippen molar-refractivity contribution in [2.24, 2.45) is 0 Å². The second-order valence-corrected chi connectivity index (χ2v) is 16.3. The van der Waals surface area contributed by atoms with Gasteiger partial charge in [-0.15, -0.1) is 45.3 Å². The molecule has 0 aromatic carbocycles. The molecule has 0 amide bonds. The number of hydrogen-bond acceptors (Lipinski definition) is 6.